The van der Waals surface area contributed by atoms with Crippen LogP contribution in [-0.2, 0) is 4.79 Å². The van der Waals surface area contributed by atoms with Gasteiger partial charge in [0.1, 0.15) is 0 Å². The Bertz CT molecular complexity index is 458. The standard InChI is InChI=1S/C14H21N3O2/c1-4-15-9-13(18)17-12-8-11(7-6-10(12)3)14(19)16-5-2/h6-8,15H,4-5,9H2,1-3H3,(H,16,19)(H,17,18). The van der Waals surface area contributed by atoms with E-state index in [2.05, 4.69) is 16.0 Å². The molecule has 1 rings (SSSR count). The topological polar surface area (TPSA) is 70.2 Å². The van der Waals surface area contributed by atoms with Crippen LogP contribution in [-0.4, -0.2) is 31.4 Å². The third-order valence-corrected chi connectivity index (χ3v) is 2.65. The van der Waals surface area contributed by atoms with Crippen LogP contribution in [0.3, 0.4) is 0 Å². The number of amides is 2. The predicted molar refractivity (Wildman–Crippen MR) is 76.4 cm³/mol. The molecule has 0 aromatic heterocycles. The van der Waals surface area contributed by atoms with Crippen LogP contribution in [0.1, 0.15) is 29.8 Å². The van der Waals surface area contributed by atoms with Crippen LogP contribution in [0.4, 0.5) is 5.69 Å². The largest absolute Gasteiger partial charge is 0.352 e. The number of rotatable bonds is 6. The molecular weight excluding hydrogens is 242 g/mol. The molecule has 0 aliphatic heterocycles. The number of hydrogen-bond donors (Lipinski definition) is 3. The molecule has 3 N–H and O–H groups in total. The molecular formula is C14H21N3O2. The van der Waals surface area contributed by atoms with Gasteiger partial charge in [-0.3, -0.25) is 9.59 Å². The summed E-state index contributed by atoms with van der Waals surface area (Å²) in [6, 6.07) is 5.28. The number of benzene rings is 1. The van der Waals surface area contributed by atoms with Gasteiger partial charge in [0, 0.05) is 17.8 Å². The number of aryl methyl sites for hydroxylation is 1. The fraction of sp³-hybridized carbons (Fsp3) is 0.429. The van der Waals surface area contributed by atoms with Crippen LogP contribution < -0.4 is 16.0 Å². The highest BCUT2D eigenvalue weighted by Crippen LogP contribution is 2.16. The van der Waals surface area contributed by atoms with Crippen molar-refractivity contribution in [1.29, 1.82) is 0 Å². The average molecular weight is 263 g/mol. The second kappa shape index (κ2) is 7.53. The minimum atomic E-state index is -0.135. The molecule has 0 unspecified atom stereocenters. The predicted octanol–water partition coefficient (Wildman–Crippen LogP) is 1.29. The Labute approximate surface area is 113 Å². The van der Waals surface area contributed by atoms with Crippen molar-refractivity contribution < 1.29 is 9.59 Å². The van der Waals surface area contributed by atoms with Crippen molar-refractivity contribution in [2.45, 2.75) is 20.8 Å². The van der Waals surface area contributed by atoms with Crippen molar-refractivity contribution in [3.05, 3.63) is 29.3 Å². The van der Waals surface area contributed by atoms with Gasteiger partial charge in [0.25, 0.3) is 5.91 Å². The molecule has 5 nitrogen and oxygen atoms in total. The Hall–Kier alpha value is -1.88. The maximum atomic E-state index is 11.7. The first-order valence-corrected chi connectivity index (χ1v) is 6.47. The van der Waals surface area contributed by atoms with E-state index in [1.165, 1.54) is 0 Å². The second-order valence-electron chi connectivity index (χ2n) is 4.22. The molecule has 0 aliphatic rings. The van der Waals surface area contributed by atoms with Crippen molar-refractivity contribution in [3.63, 3.8) is 0 Å². The third kappa shape index (κ3) is 4.71. The molecule has 19 heavy (non-hydrogen) atoms. The van der Waals surface area contributed by atoms with Gasteiger partial charge in [-0.05, 0) is 38.1 Å². The van der Waals surface area contributed by atoms with Crippen molar-refractivity contribution in [1.82, 2.24) is 10.6 Å². The zero-order valence-electron chi connectivity index (χ0n) is 11.7. The average Bonchev–Trinajstić information content (AvgIpc) is 2.39. The summed E-state index contributed by atoms with van der Waals surface area (Å²) in [5.41, 5.74) is 2.15. The van der Waals surface area contributed by atoms with Gasteiger partial charge in [0.15, 0.2) is 0 Å². The van der Waals surface area contributed by atoms with Gasteiger partial charge in [-0.2, -0.15) is 0 Å². The lowest BCUT2D eigenvalue weighted by molar-refractivity contribution is -0.115. The van der Waals surface area contributed by atoms with Crippen LogP contribution in [0.2, 0.25) is 0 Å². The maximum Gasteiger partial charge on any atom is 0.251 e. The lowest BCUT2D eigenvalue weighted by Gasteiger charge is -2.10. The molecule has 0 bridgehead atoms. The van der Waals surface area contributed by atoms with E-state index in [0.717, 1.165) is 12.1 Å². The van der Waals surface area contributed by atoms with Crippen LogP contribution in [0.5, 0.6) is 0 Å². The zero-order valence-corrected chi connectivity index (χ0v) is 11.7. The van der Waals surface area contributed by atoms with E-state index in [1.807, 2.05) is 26.8 Å². The summed E-state index contributed by atoms with van der Waals surface area (Å²) in [4.78, 5) is 23.4. The van der Waals surface area contributed by atoms with E-state index in [9.17, 15) is 9.59 Å². The highest BCUT2D eigenvalue weighted by atomic mass is 16.2. The highest BCUT2D eigenvalue weighted by molar-refractivity contribution is 5.98. The SMILES string of the molecule is CCNCC(=O)Nc1cc(C(=O)NCC)ccc1C. The van der Waals surface area contributed by atoms with E-state index in [-0.39, 0.29) is 18.4 Å². The van der Waals surface area contributed by atoms with E-state index in [0.29, 0.717) is 17.8 Å². The van der Waals surface area contributed by atoms with Gasteiger partial charge < -0.3 is 16.0 Å². The van der Waals surface area contributed by atoms with E-state index in [4.69, 9.17) is 0 Å². The zero-order chi connectivity index (χ0) is 14.3. The lowest BCUT2D eigenvalue weighted by Crippen LogP contribution is -2.28. The van der Waals surface area contributed by atoms with Crippen molar-refractivity contribution in [3.8, 4) is 0 Å². The fourth-order valence-electron chi connectivity index (χ4n) is 1.59. The van der Waals surface area contributed by atoms with Gasteiger partial charge in [-0.25, -0.2) is 0 Å². The van der Waals surface area contributed by atoms with Crippen molar-refractivity contribution >= 4 is 17.5 Å². The molecule has 0 saturated carbocycles. The van der Waals surface area contributed by atoms with Crippen molar-refractivity contribution in [2.75, 3.05) is 25.0 Å². The monoisotopic (exact) mass is 263 g/mol. The highest BCUT2D eigenvalue weighted by Gasteiger charge is 2.09. The Morgan fingerprint density at radius 2 is 1.89 bits per heavy atom. The Balaban J connectivity index is 2.79. The Kier molecular flexibility index (Phi) is 6.02. The lowest BCUT2D eigenvalue weighted by atomic mass is 10.1. The molecule has 0 aliphatic carbocycles. The molecule has 1 aromatic carbocycles. The molecule has 0 atom stereocenters. The molecule has 104 valence electrons. The van der Waals surface area contributed by atoms with Gasteiger partial charge in [-0.1, -0.05) is 13.0 Å². The summed E-state index contributed by atoms with van der Waals surface area (Å²) in [6.07, 6.45) is 0. The number of carbonyl (C=O) groups excluding carboxylic acids is 2. The first kappa shape index (κ1) is 15.2. The fourth-order valence-corrected chi connectivity index (χ4v) is 1.59. The number of anilines is 1. The van der Waals surface area contributed by atoms with Crippen LogP contribution in [0, 0.1) is 6.92 Å². The van der Waals surface area contributed by atoms with Gasteiger partial charge in [-0.15, -0.1) is 0 Å². The first-order valence-electron chi connectivity index (χ1n) is 6.47. The molecule has 0 radical (unpaired) electrons. The van der Waals surface area contributed by atoms with Gasteiger partial charge in [0.05, 0.1) is 6.54 Å². The smallest absolute Gasteiger partial charge is 0.251 e. The Morgan fingerprint density at radius 3 is 2.53 bits per heavy atom. The normalized spacial score (nSPS) is 10.1. The first-order chi connectivity index (χ1) is 9.08. The number of nitrogens with one attached hydrogen (secondary N) is 3. The van der Waals surface area contributed by atoms with Crippen LogP contribution in [0.15, 0.2) is 18.2 Å². The summed E-state index contributed by atoms with van der Waals surface area (Å²) in [6.45, 7) is 7.28. The summed E-state index contributed by atoms with van der Waals surface area (Å²) < 4.78 is 0. The molecule has 0 spiro atoms. The second-order valence-corrected chi connectivity index (χ2v) is 4.22. The van der Waals surface area contributed by atoms with Crippen molar-refractivity contribution in [2.24, 2.45) is 0 Å². The van der Waals surface area contributed by atoms with Gasteiger partial charge in [0.2, 0.25) is 5.91 Å². The molecule has 0 fully saturated rings. The number of likely N-dealkylation sites (N-methyl/N-ethyl adjacent to an activating group) is 1. The van der Waals surface area contributed by atoms with E-state index in [1.54, 1.807) is 12.1 Å². The maximum absolute atomic E-state index is 11.7. The van der Waals surface area contributed by atoms with Gasteiger partial charge >= 0.3 is 0 Å². The summed E-state index contributed by atoms with van der Waals surface area (Å²) in [5.74, 6) is -0.248. The van der Waals surface area contributed by atoms with E-state index < -0.39 is 0 Å². The minimum Gasteiger partial charge on any atom is -0.352 e. The molecule has 1 aromatic rings. The molecule has 5 heteroatoms. The quantitative estimate of drug-likeness (QED) is 0.724. The van der Waals surface area contributed by atoms with Crippen LogP contribution in [0.25, 0.3) is 0 Å². The summed E-state index contributed by atoms with van der Waals surface area (Å²) >= 11 is 0. The van der Waals surface area contributed by atoms with E-state index >= 15 is 0 Å². The Morgan fingerprint density at radius 1 is 1.16 bits per heavy atom. The molecule has 2 amide bonds. The molecule has 0 heterocycles. The summed E-state index contributed by atoms with van der Waals surface area (Å²) in [5, 5.41) is 8.49. The number of hydrogen-bond acceptors (Lipinski definition) is 3. The summed E-state index contributed by atoms with van der Waals surface area (Å²) in [7, 11) is 0. The van der Waals surface area contributed by atoms with Crippen LogP contribution >= 0.6 is 0 Å². The molecule has 0 saturated heterocycles. The third-order valence-electron chi connectivity index (χ3n) is 2.65. The minimum absolute atomic E-state index is 0.113. The number of carbonyl (C=O) groups is 2.